The zero-order valence-corrected chi connectivity index (χ0v) is 10.1. The molecule has 94 valence electrons. The summed E-state index contributed by atoms with van der Waals surface area (Å²) in [5.74, 6) is 0.523. The SMILES string of the molecule is OCc1cccnc1OCCCc1ccncc1. The number of hydrogen-bond acceptors (Lipinski definition) is 4. The molecule has 0 fully saturated rings. The molecule has 18 heavy (non-hydrogen) atoms. The fourth-order valence-electron chi connectivity index (χ4n) is 1.67. The van der Waals surface area contributed by atoms with Gasteiger partial charge in [0, 0.05) is 24.2 Å². The molecule has 0 atom stereocenters. The molecule has 0 aliphatic heterocycles. The molecule has 0 bridgehead atoms. The van der Waals surface area contributed by atoms with Crippen LogP contribution in [0.2, 0.25) is 0 Å². The number of nitrogens with zero attached hydrogens (tertiary/aromatic N) is 2. The molecule has 0 amide bonds. The Morgan fingerprint density at radius 3 is 2.72 bits per heavy atom. The maximum Gasteiger partial charge on any atom is 0.218 e. The number of aromatic nitrogens is 2. The molecule has 4 nitrogen and oxygen atoms in total. The van der Waals surface area contributed by atoms with Gasteiger partial charge in [-0.05, 0) is 42.7 Å². The van der Waals surface area contributed by atoms with Crippen molar-refractivity contribution in [3.05, 3.63) is 54.0 Å². The molecule has 0 saturated heterocycles. The highest BCUT2D eigenvalue weighted by Crippen LogP contribution is 2.14. The van der Waals surface area contributed by atoms with Crippen LogP contribution in [0.1, 0.15) is 17.5 Å². The number of rotatable bonds is 6. The topological polar surface area (TPSA) is 55.2 Å². The second-order valence-corrected chi connectivity index (χ2v) is 3.93. The Labute approximate surface area is 106 Å². The maximum absolute atomic E-state index is 9.13. The van der Waals surface area contributed by atoms with E-state index in [0.717, 1.165) is 18.4 Å². The van der Waals surface area contributed by atoms with E-state index in [2.05, 4.69) is 9.97 Å². The Balaban J connectivity index is 1.78. The van der Waals surface area contributed by atoms with Crippen LogP contribution in [-0.2, 0) is 13.0 Å². The predicted molar refractivity (Wildman–Crippen MR) is 68.2 cm³/mol. The molecule has 2 aromatic heterocycles. The fourth-order valence-corrected chi connectivity index (χ4v) is 1.67. The van der Waals surface area contributed by atoms with Crippen molar-refractivity contribution in [2.24, 2.45) is 0 Å². The smallest absolute Gasteiger partial charge is 0.218 e. The van der Waals surface area contributed by atoms with Crippen molar-refractivity contribution >= 4 is 0 Å². The Bertz CT molecular complexity index is 474. The third-order valence-corrected chi connectivity index (χ3v) is 2.62. The van der Waals surface area contributed by atoms with Crippen molar-refractivity contribution in [3.8, 4) is 5.88 Å². The van der Waals surface area contributed by atoms with E-state index in [1.54, 1.807) is 24.7 Å². The molecular formula is C14H16N2O2. The highest BCUT2D eigenvalue weighted by atomic mass is 16.5. The monoisotopic (exact) mass is 244 g/mol. The molecule has 0 aliphatic rings. The van der Waals surface area contributed by atoms with Crippen molar-refractivity contribution in [1.82, 2.24) is 9.97 Å². The van der Waals surface area contributed by atoms with Gasteiger partial charge in [0.25, 0.3) is 0 Å². The lowest BCUT2D eigenvalue weighted by molar-refractivity contribution is 0.256. The molecule has 4 heteroatoms. The van der Waals surface area contributed by atoms with E-state index in [-0.39, 0.29) is 6.61 Å². The zero-order chi connectivity index (χ0) is 12.6. The number of aliphatic hydroxyl groups excluding tert-OH is 1. The quantitative estimate of drug-likeness (QED) is 0.789. The van der Waals surface area contributed by atoms with Gasteiger partial charge in [0.1, 0.15) is 0 Å². The van der Waals surface area contributed by atoms with Crippen LogP contribution in [0.15, 0.2) is 42.9 Å². The summed E-state index contributed by atoms with van der Waals surface area (Å²) >= 11 is 0. The molecule has 0 aliphatic carbocycles. The van der Waals surface area contributed by atoms with E-state index in [1.165, 1.54) is 5.56 Å². The summed E-state index contributed by atoms with van der Waals surface area (Å²) < 4.78 is 5.56. The highest BCUT2D eigenvalue weighted by molar-refractivity contribution is 5.24. The van der Waals surface area contributed by atoms with Crippen LogP contribution in [0.5, 0.6) is 5.88 Å². The summed E-state index contributed by atoms with van der Waals surface area (Å²) in [4.78, 5) is 8.08. The molecule has 2 aromatic rings. The van der Waals surface area contributed by atoms with Crippen LogP contribution in [0.25, 0.3) is 0 Å². The minimum Gasteiger partial charge on any atom is -0.477 e. The Hall–Kier alpha value is -1.94. The maximum atomic E-state index is 9.13. The lowest BCUT2D eigenvalue weighted by Gasteiger charge is -2.08. The zero-order valence-electron chi connectivity index (χ0n) is 10.1. The van der Waals surface area contributed by atoms with Gasteiger partial charge < -0.3 is 9.84 Å². The molecule has 0 radical (unpaired) electrons. The van der Waals surface area contributed by atoms with Crippen LogP contribution in [-0.4, -0.2) is 21.7 Å². The summed E-state index contributed by atoms with van der Waals surface area (Å²) in [7, 11) is 0. The van der Waals surface area contributed by atoms with E-state index < -0.39 is 0 Å². The summed E-state index contributed by atoms with van der Waals surface area (Å²) in [6.45, 7) is 0.542. The molecule has 0 unspecified atom stereocenters. The largest absolute Gasteiger partial charge is 0.477 e. The Morgan fingerprint density at radius 2 is 1.94 bits per heavy atom. The summed E-state index contributed by atoms with van der Waals surface area (Å²) in [6, 6.07) is 7.60. The second-order valence-electron chi connectivity index (χ2n) is 3.93. The van der Waals surface area contributed by atoms with E-state index in [9.17, 15) is 0 Å². The molecular weight excluding hydrogens is 228 g/mol. The van der Waals surface area contributed by atoms with E-state index in [1.807, 2.05) is 18.2 Å². The lowest BCUT2D eigenvalue weighted by Crippen LogP contribution is -2.03. The summed E-state index contributed by atoms with van der Waals surface area (Å²) in [5.41, 5.74) is 1.97. The van der Waals surface area contributed by atoms with E-state index in [4.69, 9.17) is 9.84 Å². The van der Waals surface area contributed by atoms with Crippen LogP contribution < -0.4 is 4.74 Å². The number of ether oxygens (including phenoxy) is 1. The van der Waals surface area contributed by atoms with Gasteiger partial charge in [-0.3, -0.25) is 4.98 Å². The average molecular weight is 244 g/mol. The molecule has 0 saturated carbocycles. The fraction of sp³-hybridized carbons (Fsp3) is 0.286. The van der Waals surface area contributed by atoms with Crippen molar-refractivity contribution in [2.75, 3.05) is 6.61 Å². The van der Waals surface area contributed by atoms with E-state index in [0.29, 0.717) is 12.5 Å². The molecule has 0 aromatic carbocycles. The first-order valence-electron chi connectivity index (χ1n) is 5.96. The van der Waals surface area contributed by atoms with Crippen molar-refractivity contribution in [3.63, 3.8) is 0 Å². The average Bonchev–Trinajstić information content (AvgIpc) is 2.45. The highest BCUT2D eigenvalue weighted by Gasteiger charge is 2.02. The van der Waals surface area contributed by atoms with Gasteiger partial charge in [-0.2, -0.15) is 0 Å². The minimum absolute atomic E-state index is 0.0481. The molecule has 2 heterocycles. The molecule has 2 rings (SSSR count). The van der Waals surface area contributed by atoms with Crippen LogP contribution in [0.3, 0.4) is 0 Å². The summed E-state index contributed by atoms with van der Waals surface area (Å²) in [6.07, 6.45) is 7.10. The number of hydrogen-bond donors (Lipinski definition) is 1. The van der Waals surface area contributed by atoms with Crippen LogP contribution in [0.4, 0.5) is 0 Å². The van der Waals surface area contributed by atoms with Gasteiger partial charge in [0.05, 0.1) is 13.2 Å². The van der Waals surface area contributed by atoms with Crippen molar-refractivity contribution in [2.45, 2.75) is 19.4 Å². The number of pyridine rings is 2. The first-order valence-corrected chi connectivity index (χ1v) is 5.96. The first kappa shape index (κ1) is 12.5. The van der Waals surface area contributed by atoms with Crippen molar-refractivity contribution < 1.29 is 9.84 Å². The van der Waals surface area contributed by atoms with E-state index >= 15 is 0 Å². The van der Waals surface area contributed by atoms with Gasteiger partial charge >= 0.3 is 0 Å². The molecule has 0 spiro atoms. The van der Waals surface area contributed by atoms with Crippen LogP contribution in [0, 0.1) is 0 Å². The van der Waals surface area contributed by atoms with Gasteiger partial charge in [-0.25, -0.2) is 4.98 Å². The third-order valence-electron chi connectivity index (χ3n) is 2.62. The Kier molecular flexibility index (Phi) is 4.67. The second kappa shape index (κ2) is 6.71. The van der Waals surface area contributed by atoms with Gasteiger partial charge in [0.2, 0.25) is 5.88 Å². The van der Waals surface area contributed by atoms with Gasteiger partial charge in [0.15, 0.2) is 0 Å². The predicted octanol–water partition coefficient (Wildman–Crippen LogP) is 1.98. The van der Waals surface area contributed by atoms with Crippen LogP contribution >= 0.6 is 0 Å². The Morgan fingerprint density at radius 1 is 1.11 bits per heavy atom. The third kappa shape index (κ3) is 3.53. The van der Waals surface area contributed by atoms with Gasteiger partial charge in [-0.15, -0.1) is 0 Å². The minimum atomic E-state index is -0.0481. The first-order chi connectivity index (χ1) is 8.90. The van der Waals surface area contributed by atoms with Crippen molar-refractivity contribution in [1.29, 1.82) is 0 Å². The van der Waals surface area contributed by atoms with Gasteiger partial charge in [-0.1, -0.05) is 0 Å². The number of aliphatic hydroxyl groups is 1. The summed E-state index contributed by atoms with van der Waals surface area (Å²) in [5, 5.41) is 9.13. The molecule has 1 N–H and O–H groups in total. The normalized spacial score (nSPS) is 10.3. The lowest BCUT2D eigenvalue weighted by atomic mass is 10.1. The number of aryl methyl sites for hydroxylation is 1. The standard InChI is InChI=1S/C14H16N2O2/c17-11-13-4-1-7-16-14(13)18-10-2-3-12-5-8-15-9-6-12/h1,4-9,17H,2-3,10-11H2.